The van der Waals surface area contributed by atoms with Crippen molar-refractivity contribution >= 4 is 21.7 Å². The molecule has 1 aromatic heterocycles. The third kappa shape index (κ3) is 2.00. The molecular weight excluding hydrogens is 232 g/mol. The number of nitrogens with zero attached hydrogens (tertiary/aromatic N) is 2. The van der Waals surface area contributed by atoms with E-state index in [1.807, 2.05) is 12.1 Å². The Morgan fingerprint density at radius 1 is 1.62 bits per heavy atom. The van der Waals surface area contributed by atoms with E-state index < -0.39 is 0 Å². The van der Waals surface area contributed by atoms with E-state index >= 15 is 0 Å². The summed E-state index contributed by atoms with van der Waals surface area (Å²) in [5.74, 6) is 0.936. The zero-order chi connectivity index (χ0) is 9.26. The summed E-state index contributed by atoms with van der Waals surface area (Å²) in [6.07, 6.45) is 2.42. The Morgan fingerprint density at radius 3 is 3.08 bits per heavy atom. The number of aliphatic hydroxyl groups is 1. The second-order valence-corrected chi connectivity index (χ2v) is 4.14. The van der Waals surface area contributed by atoms with Crippen LogP contribution >= 0.6 is 15.9 Å². The van der Waals surface area contributed by atoms with Gasteiger partial charge in [0.25, 0.3) is 0 Å². The van der Waals surface area contributed by atoms with Crippen molar-refractivity contribution in [3.63, 3.8) is 0 Å². The lowest BCUT2D eigenvalue weighted by atomic mass is 10.3. The second-order valence-electron chi connectivity index (χ2n) is 3.22. The number of anilines is 1. The van der Waals surface area contributed by atoms with E-state index in [-0.39, 0.29) is 6.10 Å². The summed E-state index contributed by atoms with van der Waals surface area (Å²) in [5.41, 5.74) is 0. The van der Waals surface area contributed by atoms with Gasteiger partial charge in [-0.05, 0) is 18.6 Å². The molecule has 1 saturated heterocycles. The van der Waals surface area contributed by atoms with E-state index in [0.717, 1.165) is 23.3 Å². The largest absolute Gasteiger partial charge is 0.391 e. The lowest BCUT2D eigenvalue weighted by Gasteiger charge is -2.16. The van der Waals surface area contributed by atoms with Gasteiger partial charge in [0.1, 0.15) is 5.82 Å². The van der Waals surface area contributed by atoms with Crippen LogP contribution in [0.2, 0.25) is 0 Å². The van der Waals surface area contributed by atoms with Crippen molar-refractivity contribution in [3.8, 4) is 0 Å². The van der Waals surface area contributed by atoms with Crippen LogP contribution in [0.4, 0.5) is 5.82 Å². The fraction of sp³-hybridized carbons (Fsp3) is 0.444. The zero-order valence-electron chi connectivity index (χ0n) is 7.15. The summed E-state index contributed by atoms with van der Waals surface area (Å²) >= 11 is 3.40. The molecule has 4 heteroatoms. The van der Waals surface area contributed by atoms with Crippen molar-refractivity contribution in [1.29, 1.82) is 0 Å². The normalized spacial score (nSPS) is 22.3. The van der Waals surface area contributed by atoms with E-state index in [4.69, 9.17) is 0 Å². The summed E-state index contributed by atoms with van der Waals surface area (Å²) in [4.78, 5) is 6.33. The molecule has 0 aliphatic carbocycles. The van der Waals surface area contributed by atoms with Gasteiger partial charge in [-0.15, -0.1) is 0 Å². The zero-order valence-corrected chi connectivity index (χ0v) is 8.74. The van der Waals surface area contributed by atoms with E-state index in [1.54, 1.807) is 6.20 Å². The minimum atomic E-state index is -0.194. The molecule has 70 valence electrons. The van der Waals surface area contributed by atoms with Crippen LogP contribution in [0.1, 0.15) is 6.42 Å². The van der Waals surface area contributed by atoms with Crippen LogP contribution in [0.3, 0.4) is 0 Å². The van der Waals surface area contributed by atoms with Crippen LogP contribution in [0.25, 0.3) is 0 Å². The summed E-state index contributed by atoms with van der Waals surface area (Å²) in [7, 11) is 0. The smallest absolute Gasteiger partial charge is 0.129 e. The SMILES string of the molecule is O[C@@H]1CCN(c2cc(Br)ccn2)C1. The number of aliphatic hydroxyl groups excluding tert-OH is 1. The topological polar surface area (TPSA) is 36.4 Å². The lowest BCUT2D eigenvalue weighted by Crippen LogP contribution is -2.21. The van der Waals surface area contributed by atoms with Gasteiger partial charge in [-0.2, -0.15) is 0 Å². The number of pyridine rings is 1. The highest BCUT2D eigenvalue weighted by molar-refractivity contribution is 9.10. The van der Waals surface area contributed by atoms with Crippen LogP contribution in [0, 0.1) is 0 Å². The highest BCUT2D eigenvalue weighted by Crippen LogP contribution is 2.20. The summed E-state index contributed by atoms with van der Waals surface area (Å²) < 4.78 is 1.03. The molecule has 1 aliphatic heterocycles. The van der Waals surface area contributed by atoms with Crippen LogP contribution in [-0.2, 0) is 0 Å². The molecule has 0 saturated carbocycles. The molecule has 13 heavy (non-hydrogen) atoms. The molecule has 0 spiro atoms. The predicted molar refractivity (Wildman–Crippen MR) is 54.8 cm³/mol. The number of hydrogen-bond acceptors (Lipinski definition) is 3. The molecule has 1 atom stereocenters. The van der Waals surface area contributed by atoms with Crippen molar-refractivity contribution in [2.45, 2.75) is 12.5 Å². The van der Waals surface area contributed by atoms with Gasteiger partial charge in [0.2, 0.25) is 0 Å². The first-order valence-electron chi connectivity index (χ1n) is 4.30. The fourth-order valence-electron chi connectivity index (χ4n) is 1.52. The standard InChI is InChI=1S/C9H11BrN2O/c10-7-1-3-11-9(5-7)12-4-2-8(13)6-12/h1,3,5,8,13H,2,4,6H2/t8-/m1/s1. The number of hydrogen-bond donors (Lipinski definition) is 1. The minimum Gasteiger partial charge on any atom is -0.391 e. The Labute approximate surface area is 85.5 Å². The molecular formula is C9H11BrN2O. The predicted octanol–water partition coefficient (Wildman–Crippen LogP) is 1.42. The summed E-state index contributed by atoms with van der Waals surface area (Å²) in [6.45, 7) is 1.59. The maximum Gasteiger partial charge on any atom is 0.129 e. The first-order chi connectivity index (χ1) is 6.25. The number of β-amino-alcohol motifs (C(OH)–C–C–N with tert-alkyl or cyclic N) is 1. The van der Waals surface area contributed by atoms with Crippen molar-refractivity contribution < 1.29 is 5.11 Å². The Kier molecular flexibility index (Phi) is 2.51. The summed E-state index contributed by atoms with van der Waals surface area (Å²) in [6, 6.07) is 3.87. The molecule has 2 heterocycles. The Hall–Kier alpha value is -0.610. The second kappa shape index (κ2) is 3.64. The monoisotopic (exact) mass is 242 g/mol. The molecule has 0 bridgehead atoms. The molecule has 1 N–H and O–H groups in total. The fourth-order valence-corrected chi connectivity index (χ4v) is 1.84. The van der Waals surface area contributed by atoms with E-state index in [9.17, 15) is 5.11 Å². The summed E-state index contributed by atoms with van der Waals surface area (Å²) in [5, 5.41) is 9.35. The van der Waals surface area contributed by atoms with Gasteiger partial charge >= 0.3 is 0 Å². The Bertz CT molecular complexity index is 305. The molecule has 0 radical (unpaired) electrons. The van der Waals surface area contributed by atoms with Gasteiger partial charge in [-0.1, -0.05) is 15.9 Å². The van der Waals surface area contributed by atoms with Crippen LogP contribution in [-0.4, -0.2) is 29.3 Å². The van der Waals surface area contributed by atoms with E-state index in [1.165, 1.54) is 0 Å². The molecule has 2 rings (SSSR count). The first-order valence-corrected chi connectivity index (χ1v) is 5.09. The van der Waals surface area contributed by atoms with Gasteiger partial charge in [0.15, 0.2) is 0 Å². The first kappa shape index (κ1) is 8.97. The van der Waals surface area contributed by atoms with Gasteiger partial charge in [0.05, 0.1) is 6.10 Å². The van der Waals surface area contributed by atoms with Gasteiger partial charge < -0.3 is 10.0 Å². The highest BCUT2D eigenvalue weighted by atomic mass is 79.9. The Morgan fingerprint density at radius 2 is 2.46 bits per heavy atom. The van der Waals surface area contributed by atoms with Crippen LogP contribution < -0.4 is 4.90 Å². The highest BCUT2D eigenvalue weighted by Gasteiger charge is 2.20. The molecule has 0 aromatic carbocycles. The Balaban J connectivity index is 2.16. The van der Waals surface area contributed by atoms with E-state index in [2.05, 4.69) is 25.8 Å². The van der Waals surface area contributed by atoms with Crippen molar-refractivity contribution in [3.05, 3.63) is 22.8 Å². The third-order valence-corrected chi connectivity index (χ3v) is 2.69. The number of halogens is 1. The number of aromatic nitrogens is 1. The maximum atomic E-state index is 9.35. The molecule has 1 fully saturated rings. The molecule has 0 unspecified atom stereocenters. The quantitative estimate of drug-likeness (QED) is 0.810. The molecule has 1 aromatic rings. The third-order valence-electron chi connectivity index (χ3n) is 2.19. The van der Waals surface area contributed by atoms with Gasteiger partial charge in [-0.3, -0.25) is 0 Å². The van der Waals surface area contributed by atoms with Gasteiger partial charge in [0, 0.05) is 23.8 Å². The molecule has 3 nitrogen and oxygen atoms in total. The maximum absolute atomic E-state index is 9.35. The van der Waals surface area contributed by atoms with Crippen molar-refractivity contribution in [1.82, 2.24) is 4.98 Å². The average molecular weight is 243 g/mol. The molecule has 1 aliphatic rings. The lowest BCUT2D eigenvalue weighted by molar-refractivity contribution is 0.198. The molecule has 0 amide bonds. The number of rotatable bonds is 1. The van der Waals surface area contributed by atoms with Crippen molar-refractivity contribution in [2.75, 3.05) is 18.0 Å². The van der Waals surface area contributed by atoms with E-state index in [0.29, 0.717) is 6.54 Å². The minimum absolute atomic E-state index is 0.194. The van der Waals surface area contributed by atoms with Crippen molar-refractivity contribution in [2.24, 2.45) is 0 Å². The average Bonchev–Trinajstić information content (AvgIpc) is 2.52. The van der Waals surface area contributed by atoms with Crippen LogP contribution in [0.15, 0.2) is 22.8 Å². The van der Waals surface area contributed by atoms with Crippen LogP contribution in [0.5, 0.6) is 0 Å². The van der Waals surface area contributed by atoms with Gasteiger partial charge in [-0.25, -0.2) is 4.98 Å².